The Morgan fingerprint density at radius 2 is 1.91 bits per heavy atom. The minimum absolute atomic E-state index is 0.00654. The molecule has 0 unspecified atom stereocenters. The number of nitro groups is 1. The van der Waals surface area contributed by atoms with Gasteiger partial charge in [-0.1, -0.05) is 0 Å². The molecule has 0 radical (unpaired) electrons. The number of fused-ring (bicyclic) bond motifs is 1. The smallest absolute Gasteiger partial charge is 0.390 e. The van der Waals surface area contributed by atoms with Crippen LogP contribution < -0.4 is 11.2 Å². The number of hydrogen-bond acceptors (Lipinski definition) is 7. The van der Waals surface area contributed by atoms with Gasteiger partial charge in [0.1, 0.15) is 0 Å². The minimum atomic E-state index is -0.697. The summed E-state index contributed by atoms with van der Waals surface area (Å²) in [6, 6.07) is 0. The van der Waals surface area contributed by atoms with Gasteiger partial charge in [0.25, 0.3) is 11.2 Å². The molecule has 11 nitrogen and oxygen atoms in total. The van der Waals surface area contributed by atoms with E-state index in [2.05, 4.69) is 4.98 Å². The Bertz CT molecular complexity index is 888. The van der Waals surface area contributed by atoms with Gasteiger partial charge in [0.05, 0.1) is 20.3 Å². The molecule has 1 fully saturated rings. The second-order valence-corrected chi connectivity index (χ2v) is 5.16. The number of ether oxygens (including phenoxy) is 2. The first-order valence-electron chi connectivity index (χ1n) is 6.95. The van der Waals surface area contributed by atoms with Crippen LogP contribution in [0.3, 0.4) is 0 Å². The number of aromatic nitrogens is 4. The van der Waals surface area contributed by atoms with Gasteiger partial charge in [-0.3, -0.25) is 13.9 Å². The highest BCUT2D eigenvalue weighted by Gasteiger charge is 2.27. The van der Waals surface area contributed by atoms with E-state index in [0.717, 1.165) is 9.13 Å². The average Bonchev–Trinajstić information content (AvgIpc) is 3.13. The van der Waals surface area contributed by atoms with E-state index >= 15 is 0 Å². The Kier molecular flexibility index (Phi) is 3.74. The van der Waals surface area contributed by atoms with E-state index in [1.54, 1.807) is 0 Å². The fraction of sp³-hybridized carbons (Fsp3) is 0.583. The molecule has 1 aliphatic heterocycles. The van der Waals surface area contributed by atoms with Gasteiger partial charge in [0.15, 0.2) is 6.29 Å². The van der Waals surface area contributed by atoms with E-state index in [4.69, 9.17) is 9.47 Å². The molecule has 0 bridgehead atoms. The lowest BCUT2D eigenvalue weighted by Crippen LogP contribution is -2.39. The molecule has 23 heavy (non-hydrogen) atoms. The van der Waals surface area contributed by atoms with Crippen molar-refractivity contribution >= 4 is 17.1 Å². The molecule has 0 aromatic carbocycles. The monoisotopic (exact) mass is 325 g/mol. The minimum Gasteiger partial charge on any atom is -0.390 e. The predicted octanol–water partition coefficient (Wildman–Crippen LogP) is -0.895. The molecule has 1 aliphatic rings. The summed E-state index contributed by atoms with van der Waals surface area (Å²) < 4.78 is 13.8. The van der Waals surface area contributed by atoms with Crippen LogP contribution in [0, 0.1) is 10.1 Å². The highest BCUT2D eigenvalue weighted by atomic mass is 16.7. The van der Waals surface area contributed by atoms with Crippen molar-refractivity contribution in [3.8, 4) is 0 Å². The Balaban J connectivity index is 2.15. The van der Waals surface area contributed by atoms with Crippen molar-refractivity contribution in [3.63, 3.8) is 0 Å². The lowest BCUT2D eigenvalue weighted by molar-refractivity contribution is -0.396. The fourth-order valence-electron chi connectivity index (χ4n) is 2.59. The van der Waals surface area contributed by atoms with Crippen LogP contribution in [-0.2, 0) is 30.1 Å². The van der Waals surface area contributed by atoms with Crippen molar-refractivity contribution in [3.05, 3.63) is 31.0 Å². The van der Waals surface area contributed by atoms with Gasteiger partial charge < -0.3 is 19.6 Å². The summed E-state index contributed by atoms with van der Waals surface area (Å²) in [4.78, 5) is 38.8. The van der Waals surface area contributed by atoms with Gasteiger partial charge in [0.2, 0.25) is 5.52 Å². The number of hydrogen-bond donors (Lipinski definition) is 0. The molecule has 0 N–H and O–H groups in total. The molecule has 2 aromatic heterocycles. The first-order chi connectivity index (χ1) is 10.9. The Labute approximate surface area is 128 Å². The lowest BCUT2D eigenvalue weighted by Gasteiger charge is -2.10. The molecule has 0 saturated carbocycles. The third kappa shape index (κ3) is 2.43. The van der Waals surface area contributed by atoms with E-state index in [-0.39, 0.29) is 17.7 Å². The summed E-state index contributed by atoms with van der Waals surface area (Å²) >= 11 is 0. The summed E-state index contributed by atoms with van der Waals surface area (Å²) in [6.45, 7) is 1.14. The largest absolute Gasteiger partial charge is 0.437 e. The molecule has 3 heterocycles. The molecule has 0 spiro atoms. The van der Waals surface area contributed by atoms with E-state index in [0.29, 0.717) is 19.6 Å². The van der Waals surface area contributed by atoms with Crippen LogP contribution in [0.5, 0.6) is 0 Å². The van der Waals surface area contributed by atoms with Gasteiger partial charge in [-0.05, 0) is 9.91 Å². The van der Waals surface area contributed by atoms with Crippen LogP contribution in [-0.4, -0.2) is 43.1 Å². The van der Waals surface area contributed by atoms with E-state index in [1.165, 1.54) is 18.7 Å². The Morgan fingerprint density at radius 3 is 2.52 bits per heavy atom. The summed E-state index contributed by atoms with van der Waals surface area (Å²) in [6.07, 6.45) is -0.0645. The van der Waals surface area contributed by atoms with Crippen LogP contribution in [0.4, 0.5) is 5.95 Å². The molecule has 124 valence electrons. The summed E-state index contributed by atoms with van der Waals surface area (Å²) in [5.41, 5.74) is -1.22. The molecule has 3 rings (SSSR count). The van der Waals surface area contributed by atoms with Gasteiger partial charge in [-0.15, -0.1) is 0 Å². The van der Waals surface area contributed by atoms with Crippen LogP contribution in [0.15, 0.2) is 9.59 Å². The quantitative estimate of drug-likeness (QED) is 0.527. The second-order valence-electron chi connectivity index (χ2n) is 5.16. The first kappa shape index (κ1) is 15.4. The van der Waals surface area contributed by atoms with Gasteiger partial charge in [0, 0.05) is 20.0 Å². The van der Waals surface area contributed by atoms with Gasteiger partial charge in [-0.25, -0.2) is 9.36 Å². The van der Waals surface area contributed by atoms with Crippen molar-refractivity contribution in [2.24, 2.45) is 14.1 Å². The third-order valence-corrected chi connectivity index (χ3v) is 3.78. The van der Waals surface area contributed by atoms with Crippen LogP contribution in [0.2, 0.25) is 0 Å². The zero-order chi connectivity index (χ0) is 16.7. The fourth-order valence-corrected chi connectivity index (χ4v) is 2.59. The molecule has 11 heteroatoms. The summed E-state index contributed by atoms with van der Waals surface area (Å²) in [7, 11) is 2.69. The lowest BCUT2D eigenvalue weighted by atomic mass is 10.4. The SMILES string of the molecule is Cn1c(=O)c2c(nc([N+](=O)[O-])n2C)n(CCC2OCCO2)c1=O. The van der Waals surface area contributed by atoms with E-state index < -0.39 is 28.4 Å². The standard InChI is InChI=1S/C12H15N5O6/c1-14-8-9(13-11(14)17(20)21)16(12(19)15(2)10(8)18)4-3-7-22-5-6-23-7/h7H,3-6H2,1-2H3. The zero-order valence-electron chi connectivity index (χ0n) is 12.6. The van der Waals surface area contributed by atoms with E-state index in [1.807, 2.05) is 0 Å². The van der Waals surface area contributed by atoms with Crippen molar-refractivity contribution in [2.45, 2.75) is 19.3 Å². The first-order valence-corrected chi connectivity index (χ1v) is 6.95. The average molecular weight is 325 g/mol. The number of aryl methyl sites for hydroxylation is 2. The maximum atomic E-state index is 12.3. The number of nitrogens with zero attached hydrogens (tertiary/aromatic N) is 5. The zero-order valence-corrected chi connectivity index (χ0v) is 12.6. The normalized spacial score (nSPS) is 15.6. The highest BCUT2D eigenvalue weighted by Crippen LogP contribution is 2.17. The molecule has 0 amide bonds. The molecule has 0 atom stereocenters. The van der Waals surface area contributed by atoms with Crippen molar-refractivity contribution in [1.29, 1.82) is 0 Å². The molecule has 1 saturated heterocycles. The van der Waals surface area contributed by atoms with Crippen LogP contribution in [0.25, 0.3) is 11.2 Å². The third-order valence-electron chi connectivity index (χ3n) is 3.78. The van der Waals surface area contributed by atoms with Crippen molar-refractivity contribution in [2.75, 3.05) is 13.2 Å². The number of imidazole rings is 1. The second kappa shape index (κ2) is 5.59. The van der Waals surface area contributed by atoms with Crippen LogP contribution in [0.1, 0.15) is 6.42 Å². The predicted molar refractivity (Wildman–Crippen MR) is 77.2 cm³/mol. The topological polar surface area (TPSA) is 123 Å². The van der Waals surface area contributed by atoms with Gasteiger partial charge >= 0.3 is 11.6 Å². The van der Waals surface area contributed by atoms with E-state index in [9.17, 15) is 19.7 Å². The molecular weight excluding hydrogens is 310 g/mol. The van der Waals surface area contributed by atoms with Crippen molar-refractivity contribution < 1.29 is 14.4 Å². The molecular formula is C12H15N5O6. The molecule has 0 aliphatic carbocycles. The van der Waals surface area contributed by atoms with Crippen LogP contribution >= 0.6 is 0 Å². The Morgan fingerprint density at radius 1 is 1.26 bits per heavy atom. The van der Waals surface area contributed by atoms with Gasteiger partial charge in [-0.2, -0.15) is 0 Å². The molecule has 2 aromatic rings. The summed E-state index contributed by atoms with van der Waals surface area (Å²) in [5.74, 6) is -0.496. The Hall–Kier alpha value is -2.53. The maximum absolute atomic E-state index is 12.3. The summed E-state index contributed by atoms with van der Waals surface area (Å²) in [5, 5.41) is 11.0. The maximum Gasteiger partial charge on any atom is 0.437 e. The number of rotatable bonds is 4. The van der Waals surface area contributed by atoms with Crippen molar-refractivity contribution in [1.82, 2.24) is 18.7 Å². The highest BCUT2D eigenvalue weighted by molar-refractivity contribution is 5.72.